The van der Waals surface area contributed by atoms with Gasteiger partial charge in [-0.05, 0) is 77.6 Å². The molecular weight excluding hydrogens is 750 g/mol. The molecule has 2 aliphatic heterocycles. The lowest BCUT2D eigenvalue weighted by atomic mass is 10.0. The third kappa shape index (κ3) is 7.57. The van der Waals surface area contributed by atoms with Crippen molar-refractivity contribution in [3.63, 3.8) is 0 Å². The number of carboxylic acids is 1. The number of hydrogen-bond acceptors (Lipinski definition) is 10. The molecule has 4 heterocycles. The maximum absolute atomic E-state index is 14.2. The molecule has 0 aliphatic carbocycles. The second-order valence-corrected chi connectivity index (χ2v) is 13.6. The van der Waals surface area contributed by atoms with Crippen molar-refractivity contribution in [3.05, 3.63) is 89.3 Å². The molecule has 56 heavy (non-hydrogen) atoms. The predicted octanol–water partition coefficient (Wildman–Crippen LogP) is 2.70. The topological polar surface area (TPSA) is 228 Å². The number of tetrazole rings is 1. The van der Waals surface area contributed by atoms with Crippen LogP contribution in [-0.4, -0.2) is 138 Å². The number of benzene rings is 3. The standard InChI is InChI=1S/C36H34ClN11O8/c1-43-10-12-44(13-11-43)35(54)40-24-5-2-21(3-6-24)16-29(31(49)39-25-7-9-26-22(17-25)18-30(34(52)53)48(26)36(55)56)46-15-14-45(32(50)33(46)51)28-19-23(37)4-8-27(28)47-20-38-41-42-47/h2-9,17-20,29H,10-16H2,1H3,(H,39,49)(H,40,54)(H,52,53)(H,55,56). The zero-order valence-electron chi connectivity index (χ0n) is 29.7. The molecule has 2 aromatic heterocycles. The number of carbonyl (C=O) groups excluding carboxylic acids is 4. The van der Waals surface area contributed by atoms with Gasteiger partial charge in [0.15, 0.2) is 0 Å². The van der Waals surface area contributed by atoms with Gasteiger partial charge in [-0.1, -0.05) is 23.7 Å². The number of amides is 5. The average Bonchev–Trinajstić information content (AvgIpc) is 3.85. The molecule has 1 atom stereocenters. The van der Waals surface area contributed by atoms with E-state index in [2.05, 4.69) is 31.1 Å². The molecule has 1 unspecified atom stereocenters. The van der Waals surface area contributed by atoms with Crippen LogP contribution in [0.1, 0.15) is 16.1 Å². The summed E-state index contributed by atoms with van der Waals surface area (Å²) in [5.74, 6) is -4.01. The van der Waals surface area contributed by atoms with Gasteiger partial charge in [0.1, 0.15) is 18.1 Å². The largest absolute Gasteiger partial charge is 0.477 e. The first-order valence-electron chi connectivity index (χ1n) is 17.3. The van der Waals surface area contributed by atoms with Crippen LogP contribution in [0.4, 0.5) is 26.7 Å². The Balaban J connectivity index is 1.15. The quantitative estimate of drug-likeness (QED) is 0.158. The molecule has 2 aliphatic rings. The summed E-state index contributed by atoms with van der Waals surface area (Å²) in [7, 11) is 1.99. The number of aromatic carboxylic acids is 1. The highest BCUT2D eigenvalue weighted by atomic mass is 35.5. The molecule has 2 fully saturated rings. The molecule has 2 saturated heterocycles. The van der Waals surface area contributed by atoms with Crippen molar-refractivity contribution >= 4 is 75.4 Å². The average molecular weight is 784 g/mol. The summed E-state index contributed by atoms with van der Waals surface area (Å²) >= 11 is 6.30. The number of likely N-dealkylation sites (N-methyl/N-ethyl adjacent to an activating group) is 1. The number of hydrogen-bond donors (Lipinski definition) is 4. The van der Waals surface area contributed by atoms with Gasteiger partial charge in [-0.2, -0.15) is 4.68 Å². The third-order valence-electron chi connectivity index (χ3n) is 9.66. The van der Waals surface area contributed by atoms with E-state index in [1.165, 1.54) is 51.1 Å². The van der Waals surface area contributed by atoms with Gasteiger partial charge >= 0.3 is 29.9 Å². The van der Waals surface area contributed by atoms with Crippen molar-refractivity contribution in [2.45, 2.75) is 12.5 Å². The van der Waals surface area contributed by atoms with E-state index < -0.39 is 41.5 Å². The van der Waals surface area contributed by atoms with Crippen molar-refractivity contribution in [1.29, 1.82) is 0 Å². The lowest BCUT2D eigenvalue weighted by Gasteiger charge is -2.38. The summed E-state index contributed by atoms with van der Waals surface area (Å²) < 4.78 is 1.95. The third-order valence-corrected chi connectivity index (χ3v) is 9.90. The van der Waals surface area contributed by atoms with Gasteiger partial charge in [0.05, 0.1) is 16.9 Å². The molecule has 0 bridgehead atoms. The van der Waals surface area contributed by atoms with E-state index in [4.69, 9.17) is 11.6 Å². The molecule has 7 rings (SSSR count). The number of aromatic nitrogens is 5. The van der Waals surface area contributed by atoms with Crippen LogP contribution in [0.25, 0.3) is 16.6 Å². The highest BCUT2D eigenvalue weighted by Crippen LogP contribution is 2.30. The van der Waals surface area contributed by atoms with Gasteiger partial charge in [-0.25, -0.2) is 19.0 Å². The summed E-state index contributed by atoms with van der Waals surface area (Å²) in [6.45, 7) is 2.62. The highest BCUT2D eigenvalue weighted by molar-refractivity contribution is 6.41. The van der Waals surface area contributed by atoms with Crippen molar-refractivity contribution in [2.75, 3.05) is 61.8 Å². The van der Waals surface area contributed by atoms with E-state index in [9.17, 15) is 39.0 Å². The molecule has 288 valence electrons. The van der Waals surface area contributed by atoms with Crippen LogP contribution < -0.4 is 15.5 Å². The van der Waals surface area contributed by atoms with Crippen LogP contribution in [0, 0.1) is 0 Å². The molecule has 5 amide bonds. The normalized spacial score (nSPS) is 15.6. The van der Waals surface area contributed by atoms with E-state index in [0.717, 1.165) is 13.1 Å². The summed E-state index contributed by atoms with van der Waals surface area (Å²) in [6, 6.07) is 15.4. The van der Waals surface area contributed by atoms with Crippen molar-refractivity contribution in [2.24, 2.45) is 0 Å². The molecule has 0 spiro atoms. The Morgan fingerprint density at radius 3 is 2.23 bits per heavy atom. The van der Waals surface area contributed by atoms with Crippen molar-refractivity contribution in [1.82, 2.24) is 39.5 Å². The number of urea groups is 1. The zero-order chi connectivity index (χ0) is 39.7. The van der Waals surface area contributed by atoms with Crippen LogP contribution in [0.15, 0.2) is 73.1 Å². The number of carbonyl (C=O) groups is 6. The van der Waals surface area contributed by atoms with E-state index in [1.54, 1.807) is 41.3 Å². The van der Waals surface area contributed by atoms with Crippen LogP contribution in [0.2, 0.25) is 5.02 Å². The maximum Gasteiger partial charge on any atom is 0.416 e. The van der Waals surface area contributed by atoms with Crippen LogP contribution in [-0.2, 0) is 20.8 Å². The van der Waals surface area contributed by atoms with E-state index in [-0.39, 0.29) is 47.8 Å². The number of piperazine rings is 2. The lowest BCUT2D eigenvalue weighted by molar-refractivity contribution is -0.149. The Hall–Kier alpha value is -6.86. The Kier molecular flexibility index (Phi) is 10.4. The zero-order valence-corrected chi connectivity index (χ0v) is 30.5. The highest BCUT2D eigenvalue weighted by Gasteiger charge is 2.41. The number of anilines is 3. The fourth-order valence-electron chi connectivity index (χ4n) is 6.74. The fraction of sp³-hybridized carbons (Fsp3) is 0.250. The lowest BCUT2D eigenvalue weighted by Crippen LogP contribution is -2.60. The SMILES string of the molecule is CN1CCN(C(=O)Nc2ccc(CC(C(=O)Nc3ccc4c(c3)cc(C(=O)O)n4C(=O)O)N3CCN(c4cc(Cl)ccc4-n4cnnn4)C(=O)C3=O)cc2)CC1. The number of fused-ring (bicyclic) bond motifs is 1. The number of carboxylic acid groups (broad SMARTS) is 2. The summed E-state index contributed by atoms with van der Waals surface area (Å²) in [6.07, 6.45) is -0.204. The van der Waals surface area contributed by atoms with Crippen LogP contribution >= 0.6 is 11.6 Å². The molecule has 0 saturated carbocycles. The Bertz CT molecular complexity index is 2360. The maximum atomic E-state index is 14.2. The first kappa shape index (κ1) is 37.5. The summed E-state index contributed by atoms with van der Waals surface area (Å²) in [5.41, 5.74) is 1.60. The summed E-state index contributed by atoms with van der Waals surface area (Å²) in [4.78, 5) is 84.8. The second-order valence-electron chi connectivity index (χ2n) is 13.2. The van der Waals surface area contributed by atoms with Gasteiger partial charge in [-0.3, -0.25) is 14.4 Å². The minimum atomic E-state index is -1.50. The number of nitrogens with one attached hydrogen (secondary N) is 2. The van der Waals surface area contributed by atoms with E-state index in [0.29, 0.717) is 39.6 Å². The first-order valence-corrected chi connectivity index (χ1v) is 17.7. The molecule has 19 nitrogen and oxygen atoms in total. The molecular formula is C36H34ClN11O8. The minimum Gasteiger partial charge on any atom is -0.477 e. The first-order chi connectivity index (χ1) is 26.9. The molecule has 4 N–H and O–H groups in total. The molecule has 0 radical (unpaired) electrons. The van der Waals surface area contributed by atoms with Gasteiger partial charge in [0, 0.05) is 67.5 Å². The Morgan fingerprint density at radius 1 is 0.821 bits per heavy atom. The van der Waals surface area contributed by atoms with Gasteiger partial charge in [-0.15, -0.1) is 5.10 Å². The predicted molar refractivity (Wildman–Crippen MR) is 201 cm³/mol. The monoisotopic (exact) mass is 783 g/mol. The van der Waals surface area contributed by atoms with Gasteiger partial charge < -0.3 is 40.4 Å². The second kappa shape index (κ2) is 15.5. The molecule has 5 aromatic rings. The Morgan fingerprint density at radius 2 is 1.55 bits per heavy atom. The van der Waals surface area contributed by atoms with E-state index >= 15 is 0 Å². The van der Waals surface area contributed by atoms with Gasteiger partial charge in [0.2, 0.25) is 5.91 Å². The van der Waals surface area contributed by atoms with Crippen molar-refractivity contribution < 1.29 is 39.0 Å². The summed E-state index contributed by atoms with van der Waals surface area (Å²) in [5, 5.41) is 36.6. The van der Waals surface area contributed by atoms with Crippen LogP contribution in [0.5, 0.6) is 0 Å². The number of halogens is 1. The molecule has 20 heteroatoms. The molecule has 3 aromatic carbocycles. The fourth-order valence-corrected chi connectivity index (χ4v) is 6.91. The smallest absolute Gasteiger partial charge is 0.416 e. The van der Waals surface area contributed by atoms with Crippen molar-refractivity contribution in [3.8, 4) is 5.69 Å². The number of nitrogens with zero attached hydrogens (tertiary/aromatic N) is 9. The van der Waals surface area contributed by atoms with Crippen LogP contribution in [0.3, 0.4) is 0 Å². The minimum absolute atomic E-state index is 0.0201. The number of rotatable bonds is 9. The van der Waals surface area contributed by atoms with Gasteiger partial charge in [0.25, 0.3) is 0 Å². The van der Waals surface area contributed by atoms with E-state index in [1.807, 2.05) is 7.05 Å². The Labute approximate surface area is 322 Å².